The molecule has 0 spiro atoms. The molecule has 1 aliphatic rings. The number of hydrogen-bond donors (Lipinski definition) is 1. The van der Waals surface area contributed by atoms with Crippen molar-refractivity contribution in [2.45, 2.75) is 19.3 Å². The molecule has 7 heteroatoms. The predicted octanol–water partition coefficient (Wildman–Crippen LogP) is 2.34. The molecule has 3 rings (SSSR count). The number of nitrogens with one attached hydrogen (secondary N) is 1. The zero-order valence-electron chi connectivity index (χ0n) is 17.7. The monoisotopic (exact) mass is 423 g/mol. The summed E-state index contributed by atoms with van der Waals surface area (Å²) in [7, 11) is 0. The van der Waals surface area contributed by atoms with Crippen molar-refractivity contribution in [1.29, 1.82) is 0 Å². The molecule has 7 nitrogen and oxygen atoms in total. The summed E-state index contributed by atoms with van der Waals surface area (Å²) in [4.78, 5) is 40.7. The van der Waals surface area contributed by atoms with Crippen LogP contribution < -0.4 is 10.1 Å². The van der Waals surface area contributed by atoms with Gasteiger partial charge in [0.1, 0.15) is 5.75 Å². The highest BCUT2D eigenvalue weighted by atomic mass is 16.5. The van der Waals surface area contributed by atoms with Crippen molar-refractivity contribution in [2.75, 3.05) is 39.3 Å². The van der Waals surface area contributed by atoms with Crippen molar-refractivity contribution >= 4 is 17.7 Å². The smallest absolute Gasteiger partial charge is 0.251 e. The number of amides is 3. The molecular formula is C24H29N3O4. The van der Waals surface area contributed by atoms with E-state index in [0.717, 1.165) is 12.2 Å². The molecule has 2 aromatic rings. The van der Waals surface area contributed by atoms with Gasteiger partial charge in [-0.3, -0.25) is 14.4 Å². The first-order valence-corrected chi connectivity index (χ1v) is 10.7. The Morgan fingerprint density at radius 2 is 1.42 bits per heavy atom. The number of carbonyl (C=O) groups is 3. The van der Waals surface area contributed by atoms with Gasteiger partial charge in [0.2, 0.25) is 11.8 Å². The molecule has 0 aliphatic carbocycles. The Balaban J connectivity index is 1.36. The molecule has 164 valence electrons. The minimum Gasteiger partial charge on any atom is -0.494 e. The van der Waals surface area contributed by atoms with E-state index in [2.05, 4.69) is 5.32 Å². The Kier molecular flexibility index (Phi) is 8.46. The van der Waals surface area contributed by atoms with Crippen LogP contribution in [0, 0.1) is 0 Å². The Morgan fingerprint density at radius 1 is 0.806 bits per heavy atom. The lowest BCUT2D eigenvalue weighted by Crippen LogP contribution is -2.42. The summed E-state index contributed by atoms with van der Waals surface area (Å²) in [6.45, 7) is 2.66. The third-order valence-corrected chi connectivity index (χ3v) is 5.18. The van der Waals surface area contributed by atoms with E-state index in [1.807, 2.05) is 41.3 Å². The summed E-state index contributed by atoms with van der Waals surface area (Å²) in [5.74, 6) is 0.495. The summed E-state index contributed by atoms with van der Waals surface area (Å²) in [5.41, 5.74) is 0.527. The molecule has 0 saturated carbocycles. The lowest BCUT2D eigenvalue weighted by atomic mass is 10.2. The highest BCUT2D eigenvalue weighted by Gasteiger charge is 2.22. The third kappa shape index (κ3) is 7.13. The van der Waals surface area contributed by atoms with Crippen molar-refractivity contribution in [3.05, 3.63) is 66.2 Å². The first-order valence-electron chi connectivity index (χ1n) is 10.7. The summed E-state index contributed by atoms with van der Waals surface area (Å²) < 4.78 is 5.64. The predicted molar refractivity (Wildman–Crippen MR) is 118 cm³/mol. The lowest BCUT2D eigenvalue weighted by Gasteiger charge is -2.22. The fourth-order valence-electron chi connectivity index (χ4n) is 3.46. The first kappa shape index (κ1) is 22.3. The van der Waals surface area contributed by atoms with Gasteiger partial charge in [-0.05, 0) is 37.1 Å². The van der Waals surface area contributed by atoms with Gasteiger partial charge in [0, 0.05) is 38.2 Å². The number of ether oxygens (including phenoxy) is 1. The maximum Gasteiger partial charge on any atom is 0.251 e. The van der Waals surface area contributed by atoms with Crippen molar-refractivity contribution in [1.82, 2.24) is 15.1 Å². The van der Waals surface area contributed by atoms with Crippen LogP contribution >= 0.6 is 0 Å². The summed E-state index contributed by atoms with van der Waals surface area (Å²) in [5, 5.41) is 2.67. The zero-order chi connectivity index (χ0) is 21.9. The van der Waals surface area contributed by atoms with E-state index in [9.17, 15) is 14.4 Å². The van der Waals surface area contributed by atoms with Gasteiger partial charge in [-0.1, -0.05) is 36.4 Å². The van der Waals surface area contributed by atoms with Crippen molar-refractivity contribution in [2.24, 2.45) is 0 Å². The van der Waals surface area contributed by atoms with Crippen LogP contribution in [0.3, 0.4) is 0 Å². The molecule has 1 N–H and O–H groups in total. The first-order chi connectivity index (χ1) is 15.1. The quantitative estimate of drug-likeness (QED) is 0.661. The molecule has 0 radical (unpaired) electrons. The van der Waals surface area contributed by atoms with E-state index in [1.165, 1.54) is 0 Å². The van der Waals surface area contributed by atoms with E-state index < -0.39 is 0 Å². The van der Waals surface area contributed by atoms with Gasteiger partial charge in [0.25, 0.3) is 5.91 Å². The third-order valence-electron chi connectivity index (χ3n) is 5.18. The van der Waals surface area contributed by atoms with E-state index in [0.29, 0.717) is 51.2 Å². The Hall–Kier alpha value is -3.35. The molecule has 3 amide bonds. The number of hydrogen-bond acceptors (Lipinski definition) is 4. The molecule has 0 aromatic heterocycles. The standard InChI is InChI=1S/C24H29N3O4/c28-22(13-7-18-31-21-11-5-2-6-12-21)26-14-8-15-27(17-16-26)23(29)19-25-24(30)20-9-3-1-4-10-20/h1-6,9-12H,7-8,13-19H2,(H,25,30). The van der Waals surface area contributed by atoms with Crippen LogP contribution in [0.25, 0.3) is 0 Å². The topological polar surface area (TPSA) is 79.0 Å². The minimum atomic E-state index is -0.265. The largest absolute Gasteiger partial charge is 0.494 e. The number of nitrogens with zero attached hydrogens (tertiary/aromatic N) is 2. The van der Waals surface area contributed by atoms with Gasteiger partial charge in [-0.25, -0.2) is 0 Å². The second kappa shape index (κ2) is 11.7. The molecule has 0 bridgehead atoms. The molecule has 2 aromatic carbocycles. The van der Waals surface area contributed by atoms with E-state index in [4.69, 9.17) is 4.74 Å². The summed E-state index contributed by atoms with van der Waals surface area (Å²) >= 11 is 0. The molecule has 1 fully saturated rings. The fraction of sp³-hybridized carbons (Fsp3) is 0.375. The van der Waals surface area contributed by atoms with E-state index >= 15 is 0 Å². The molecule has 31 heavy (non-hydrogen) atoms. The van der Waals surface area contributed by atoms with E-state index in [-0.39, 0.29) is 24.3 Å². The van der Waals surface area contributed by atoms with Gasteiger partial charge >= 0.3 is 0 Å². The van der Waals surface area contributed by atoms with Crippen LogP contribution in [-0.2, 0) is 9.59 Å². The molecule has 1 saturated heterocycles. The van der Waals surface area contributed by atoms with Crippen molar-refractivity contribution in [3.63, 3.8) is 0 Å². The van der Waals surface area contributed by atoms with Gasteiger partial charge in [0.15, 0.2) is 0 Å². The van der Waals surface area contributed by atoms with Crippen LogP contribution in [0.4, 0.5) is 0 Å². The fourth-order valence-corrected chi connectivity index (χ4v) is 3.46. The van der Waals surface area contributed by atoms with Crippen LogP contribution in [0.15, 0.2) is 60.7 Å². The SMILES string of the molecule is O=C(NCC(=O)N1CCCN(C(=O)CCCOc2ccccc2)CC1)c1ccccc1. The van der Waals surface area contributed by atoms with Crippen LogP contribution in [0.2, 0.25) is 0 Å². The maximum atomic E-state index is 12.5. The average molecular weight is 424 g/mol. The summed E-state index contributed by atoms with van der Waals surface area (Å²) in [6.07, 6.45) is 1.80. The van der Waals surface area contributed by atoms with E-state index in [1.54, 1.807) is 29.2 Å². The van der Waals surface area contributed by atoms with Gasteiger partial charge in [0.05, 0.1) is 13.2 Å². The highest BCUT2D eigenvalue weighted by molar-refractivity contribution is 5.96. The van der Waals surface area contributed by atoms with Crippen LogP contribution in [-0.4, -0.2) is 66.9 Å². The molecular weight excluding hydrogens is 394 g/mol. The van der Waals surface area contributed by atoms with Crippen LogP contribution in [0.1, 0.15) is 29.6 Å². The average Bonchev–Trinajstić information content (AvgIpc) is 3.08. The van der Waals surface area contributed by atoms with Gasteiger partial charge < -0.3 is 19.9 Å². The second-order valence-electron chi connectivity index (χ2n) is 7.43. The molecule has 1 aliphatic heterocycles. The summed E-state index contributed by atoms with van der Waals surface area (Å²) in [6, 6.07) is 18.4. The number of carbonyl (C=O) groups excluding carboxylic acids is 3. The van der Waals surface area contributed by atoms with Crippen molar-refractivity contribution < 1.29 is 19.1 Å². The Morgan fingerprint density at radius 3 is 2.10 bits per heavy atom. The number of rotatable bonds is 8. The normalized spacial score (nSPS) is 13.9. The maximum absolute atomic E-state index is 12.5. The highest BCUT2D eigenvalue weighted by Crippen LogP contribution is 2.10. The zero-order valence-corrected chi connectivity index (χ0v) is 17.7. The molecule has 1 heterocycles. The number of para-hydroxylation sites is 1. The van der Waals surface area contributed by atoms with Crippen molar-refractivity contribution in [3.8, 4) is 5.75 Å². The Labute approximate surface area is 183 Å². The minimum absolute atomic E-state index is 0.0432. The molecule has 0 unspecified atom stereocenters. The Bertz CT molecular complexity index is 858. The van der Waals surface area contributed by atoms with Gasteiger partial charge in [-0.15, -0.1) is 0 Å². The second-order valence-corrected chi connectivity index (χ2v) is 7.43. The number of benzene rings is 2. The lowest BCUT2D eigenvalue weighted by molar-refractivity contribution is -0.133. The molecule has 0 atom stereocenters. The van der Waals surface area contributed by atoms with Gasteiger partial charge in [-0.2, -0.15) is 0 Å². The van der Waals surface area contributed by atoms with Crippen LogP contribution in [0.5, 0.6) is 5.75 Å².